The minimum atomic E-state index is -4.18. The van der Waals surface area contributed by atoms with E-state index in [1.54, 1.807) is 43.3 Å². The van der Waals surface area contributed by atoms with Crippen LogP contribution in [0, 0.1) is 6.92 Å². The highest BCUT2D eigenvalue weighted by molar-refractivity contribution is 7.92. The molecule has 0 radical (unpaired) electrons. The van der Waals surface area contributed by atoms with Crippen LogP contribution in [0.1, 0.15) is 37.8 Å². The van der Waals surface area contributed by atoms with Crippen LogP contribution in [-0.2, 0) is 26.2 Å². The summed E-state index contributed by atoms with van der Waals surface area (Å²) in [4.78, 5) is 28.4. The van der Waals surface area contributed by atoms with Crippen molar-refractivity contribution < 1.29 is 22.7 Å². The molecular formula is C30H36ClN3O5S. The first-order valence-electron chi connectivity index (χ1n) is 13.1. The number of anilines is 1. The molecule has 0 aliphatic carbocycles. The van der Waals surface area contributed by atoms with Crippen molar-refractivity contribution in [3.05, 3.63) is 88.9 Å². The van der Waals surface area contributed by atoms with Gasteiger partial charge in [0.05, 0.1) is 17.7 Å². The van der Waals surface area contributed by atoms with Crippen LogP contribution in [0.3, 0.4) is 0 Å². The van der Waals surface area contributed by atoms with Gasteiger partial charge in [-0.1, -0.05) is 49.2 Å². The van der Waals surface area contributed by atoms with Crippen LogP contribution in [0.25, 0.3) is 0 Å². The van der Waals surface area contributed by atoms with Gasteiger partial charge in [0.1, 0.15) is 18.3 Å². The van der Waals surface area contributed by atoms with Crippen molar-refractivity contribution in [1.82, 2.24) is 10.2 Å². The molecule has 3 aromatic rings. The number of methoxy groups -OCH3 is 1. The van der Waals surface area contributed by atoms with Gasteiger partial charge in [0, 0.05) is 18.1 Å². The summed E-state index contributed by atoms with van der Waals surface area (Å²) in [6, 6.07) is 18.9. The van der Waals surface area contributed by atoms with Crippen LogP contribution < -0.4 is 14.4 Å². The quantitative estimate of drug-likeness (QED) is 0.279. The largest absolute Gasteiger partial charge is 0.497 e. The van der Waals surface area contributed by atoms with E-state index in [9.17, 15) is 18.0 Å². The molecule has 0 saturated carbocycles. The smallest absolute Gasteiger partial charge is 0.264 e. The van der Waals surface area contributed by atoms with Gasteiger partial charge in [0.15, 0.2) is 0 Å². The Hall–Kier alpha value is -3.56. The number of carbonyl (C=O) groups is 2. The first-order chi connectivity index (χ1) is 19.1. The van der Waals surface area contributed by atoms with Gasteiger partial charge < -0.3 is 15.0 Å². The number of hydrogen-bond acceptors (Lipinski definition) is 5. The Bertz CT molecular complexity index is 1400. The highest BCUT2D eigenvalue weighted by Gasteiger charge is 2.32. The maximum atomic E-state index is 14.0. The number of carbonyl (C=O) groups excluding carboxylic acids is 2. The summed E-state index contributed by atoms with van der Waals surface area (Å²) in [7, 11) is -2.69. The van der Waals surface area contributed by atoms with Crippen molar-refractivity contribution in [2.45, 2.75) is 51.1 Å². The van der Waals surface area contributed by atoms with Gasteiger partial charge >= 0.3 is 0 Å². The SMILES string of the molecule is CCCCNC(=O)C(C)N(Cc1ccccc1C)C(=O)CN(c1ccc(Cl)cc1)S(=O)(=O)c1ccc(OC)cc1. The third kappa shape index (κ3) is 7.76. The number of hydrogen-bond donors (Lipinski definition) is 1. The van der Waals surface area contributed by atoms with Crippen LogP contribution >= 0.6 is 11.6 Å². The minimum absolute atomic E-state index is 0.00754. The molecule has 0 aromatic heterocycles. The van der Waals surface area contributed by atoms with Crippen molar-refractivity contribution in [2.75, 3.05) is 24.5 Å². The number of unbranched alkanes of at least 4 members (excludes halogenated alkanes) is 1. The fourth-order valence-corrected chi connectivity index (χ4v) is 5.64. The van der Waals surface area contributed by atoms with Crippen molar-refractivity contribution in [2.24, 2.45) is 0 Å². The molecule has 3 rings (SSSR count). The van der Waals surface area contributed by atoms with Gasteiger partial charge in [0.2, 0.25) is 11.8 Å². The molecule has 0 aliphatic heterocycles. The van der Waals surface area contributed by atoms with Gasteiger partial charge in [0.25, 0.3) is 10.0 Å². The summed E-state index contributed by atoms with van der Waals surface area (Å²) >= 11 is 6.07. The molecule has 40 heavy (non-hydrogen) atoms. The predicted molar refractivity (Wildman–Crippen MR) is 158 cm³/mol. The maximum absolute atomic E-state index is 14.0. The van der Waals surface area contributed by atoms with Crippen LogP contribution in [0.2, 0.25) is 5.02 Å². The van der Waals surface area contributed by atoms with Crippen molar-refractivity contribution in [1.29, 1.82) is 0 Å². The highest BCUT2D eigenvalue weighted by Crippen LogP contribution is 2.27. The van der Waals surface area contributed by atoms with Gasteiger partial charge in [-0.25, -0.2) is 8.42 Å². The summed E-state index contributed by atoms with van der Waals surface area (Å²) in [5.41, 5.74) is 2.09. The zero-order valence-corrected chi connectivity index (χ0v) is 24.8. The molecule has 2 amide bonds. The Morgan fingerprint density at radius 1 is 1.00 bits per heavy atom. The first-order valence-corrected chi connectivity index (χ1v) is 14.9. The molecule has 214 valence electrons. The Morgan fingerprint density at radius 3 is 2.25 bits per heavy atom. The van der Waals surface area contributed by atoms with Crippen molar-refractivity contribution in [3.8, 4) is 5.75 Å². The van der Waals surface area contributed by atoms with E-state index in [0.717, 1.165) is 28.3 Å². The molecule has 1 N–H and O–H groups in total. The number of rotatable bonds is 13. The molecule has 0 bridgehead atoms. The number of halogens is 1. The fraction of sp³-hybridized carbons (Fsp3) is 0.333. The molecule has 0 saturated heterocycles. The van der Waals surface area contributed by atoms with E-state index in [-0.39, 0.29) is 23.0 Å². The lowest BCUT2D eigenvalue weighted by Gasteiger charge is -2.32. The van der Waals surface area contributed by atoms with E-state index in [4.69, 9.17) is 16.3 Å². The molecular weight excluding hydrogens is 550 g/mol. The highest BCUT2D eigenvalue weighted by atomic mass is 35.5. The second-order valence-electron chi connectivity index (χ2n) is 9.43. The standard InChI is InChI=1S/C30H36ClN3O5S/c1-5-6-19-32-30(36)23(3)33(20-24-10-8-7-9-22(24)2)29(35)21-34(26-13-11-25(31)12-14-26)40(37,38)28-17-15-27(39-4)16-18-28/h7-18,23H,5-6,19-21H2,1-4H3,(H,32,36). The van der Waals surface area contributed by atoms with Gasteiger partial charge in [-0.15, -0.1) is 0 Å². The molecule has 10 heteroatoms. The maximum Gasteiger partial charge on any atom is 0.264 e. The average molecular weight is 586 g/mol. The Kier molecular flexibility index (Phi) is 11.0. The molecule has 0 aliphatic rings. The van der Waals surface area contributed by atoms with E-state index < -0.39 is 28.5 Å². The average Bonchev–Trinajstić information content (AvgIpc) is 2.95. The summed E-state index contributed by atoms with van der Waals surface area (Å²) in [5.74, 6) is -0.319. The second-order valence-corrected chi connectivity index (χ2v) is 11.7. The summed E-state index contributed by atoms with van der Waals surface area (Å²) in [5, 5.41) is 3.31. The van der Waals surface area contributed by atoms with E-state index in [0.29, 0.717) is 17.3 Å². The van der Waals surface area contributed by atoms with Gasteiger partial charge in [-0.05, 0) is 79.9 Å². The number of nitrogens with one attached hydrogen (secondary N) is 1. The van der Waals surface area contributed by atoms with Crippen molar-refractivity contribution >= 4 is 39.1 Å². The van der Waals surface area contributed by atoms with Gasteiger partial charge in [-0.2, -0.15) is 0 Å². The minimum Gasteiger partial charge on any atom is -0.497 e. The monoisotopic (exact) mass is 585 g/mol. The molecule has 1 unspecified atom stereocenters. The van der Waals surface area contributed by atoms with E-state index >= 15 is 0 Å². The topological polar surface area (TPSA) is 96.0 Å². The zero-order valence-electron chi connectivity index (χ0n) is 23.3. The molecule has 3 aromatic carbocycles. The Labute approximate surface area is 241 Å². The van der Waals surface area contributed by atoms with Gasteiger partial charge in [-0.3, -0.25) is 13.9 Å². The van der Waals surface area contributed by atoms with Crippen LogP contribution in [0.5, 0.6) is 5.75 Å². The second kappa shape index (κ2) is 14.2. The summed E-state index contributed by atoms with van der Waals surface area (Å²) in [6.07, 6.45) is 1.73. The first kappa shape index (κ1) is 31.0. The third-order valence-electron chi connectivity index (χ3n) is 6.64. The fourth-order valence-electron chi connectivity index (χ4n) is 4.10. The number of amides is 2. The lowest BCUT2D eigenvalue weighted by Crippen LogP contribution is -2.51. The molecule has 0 fully saturated rings. The number of nitrogens with zero attached hydrogens (tertiary/aromatic N) is 2. The van der Waals surface area contributed by atoms with Crippen LogP contribution in [0.15, 0.2) is 77.7 Å². The lowest BCUT2D eigenvalue weighted by molar-refractivity contribution is -0.139. The summed E-state index contributed by atoms with van der Waals surface area (Å²) in [6.45, 7) is 5.73. The lowest BCUT2D eigenvalue weighted by atomic mass is 10.1. The van der Waals surface area contributed by atoms with E-state index in [1.165, 1.54) is 24.1 Å². The number of ether oxygens (including phenoxy) is 1. The van der Waals surface area contributed by atoms with E-state index in [1.807, 2.05) is 38.1 Å². The Balaban J connectivity index is 2.00. The van der Waals surface area contributed by atoms with Crippen molar-refractivity contribution in [3.63, 3.8) is 0 Å². The normalized spacial score (nSPS) is 11.9. The molecule has 0 spiro atoms. The zero-order chi connectivity index (χ0) is 29.3. The molecule has 1 atom stereocenters. The number of aryl methyl sites for hydroxylation is 1. The van der Waals surface area contributed by atoms with Crippen LogP contribution in [0.4, 0.5) is 5.69 Å². The third-order valence-corrected chi connectivity index (χ3v) is 8.68. The molecule has 8 nitrogen and oxygen atoms in total. The van der Waals surface area contributed by atoms with Crippen LogP contribution in [-0.4, -0.2) is 51.4 Å². The van der Waals surface area contributed by atoms with E-state index in [2.05, 4.69) is 5.32 Å². The Morgan fingerprint density at radius 2 is 1.65 bits per heavy atom. The predicted octanol–water partition coefficient (Wildman–Crippen LogP) is 5.19. The number of benzene rings is 3. The number of sulfonamides is 1. The summed E-state index contributed by atoms with van der Waals surface area (Å²) < 4.78 is 33.9. The molecule has 0 heterocycles.